The van der Waals surface area contributed by atoms with Crippen LogP contribution in [0.1, 0.15) is 46.0 Å². The summed E-state index contributed by atoms with van der Waals surface area (Å²) >= 11 is 0. The van der Waals surface area contributed by atoms with E-state index in [4.69, 9.17) is 5.11 Å². The zero-order valence-corrected chi connectivity index (χ0v) is 11.2. The Morgan fingerprint density at radius 2 is 1.83 bits per heavy atom. The van der Waals surface area contributed by atoms with E-state index in [0.717, 1.165) is 32.4 Å². The summed E-state index contributed by atoms with van der Waals surface area (Å²) in [4.78, 5) is 24.9. The third-order valence-electron chi connectivity index (χ3n) is 4.73. The van der Waals surface area contributed by atoms with Gasteiger partial charge in [-0.15, -0.1) is 0 Å². The molecule has 18 heavy (non-hydrogen) atoms. The number of rotatable bonds is 4. The number of nitrogens with zero attached hydrogens (tertiary/aromatic N) is 1. The van der Waals surface area contributed by atoms with Crippen LogP contribution in [0.15, 0.2) is 0 Å². The first kappa shape index (κ1) is 13.2. The molecule has 2 amide bonds. The Labute approximate surface area is 108 Å². The van der Waals surface area contributed by atoms with Crippen LogP contribution in [0.2, 0.25) is 0 Å². The van der Waals surface area contributed by atoms with Gasteiger partial charge in [0.2, 0.25) is 0 Å². The molecule has 0 aromatic heterocycles. The van der Waals surface area contributed by atoms with Gasteiger partial charge in [0.05, 0.1) is 0 Å². The Kier molecular flexibility index (Phi) is 3.25. The van der Waals surface area contributed by atoms with Gasteiger partial charge in [0.1, 0.15) is 5.54 Å². The highest BCUT2D eigenvalue weighted by molar-refractivity contribution is 5.89. The second kappa shape index (κ2) is 4.44. The zero-order chi connectivity index (χ0) is 13.4. The van der Waals surface area contributed by atoms with Crippen LogP contribution >= 0.6 is 0 Å². The first-order chi connectivity index (χ1) is 8.47. The van der Waals surface area contributed by atoms with Crippen molar-refractivity contribution in [3.05, 3.63) is 0 Å². The number of amides is 2. The lowest BCUT2D eigenvalue weighted by atomic mass is 9.82. The Balaban J connectivity index is 1.94. The Bertz CT molecular complexity index is 359. The van der Waals surface area contributed by atoms with Crippen molar-refractivity contribution >= 4 is 12.0 Å². The van der Waals surface area contributed by atoms with Crippen LogP contribution in [0.25, 0.3) is 0 Å². The second-order valence-corrected chi connectivity index (χ2v) is 5.70. The molecule has 0 aromatic carbocycles. The molecule has 1 aliphatic heterocycles. The fourth-order valence-corrected chi connectivity index (χ4v) is 2.74. The van der Waals surface area contributed by atoms with Crippen molar-refractivity contribution in [1.29, 1.82) is 0 Å². The number of urea groups is 1. The fourth-order valence-electron chi connectivity index (χ4n) is 2.74. The molecule has 5 nitrogen and oxygen atoms in total. The molecule has 1 saturated heterocycles. The zero-order valence-electron chi connectivity index (χ0n) is 11.2. The van der Waals surface area contributed by atoms with E-state index in [0.29, 0.717) is 12.8 Å². The van der Waals surface area contributed by atoms with Crippen LogP contribution in [0.3, 0.4) is 0 Å². The van der Waals surface area contributed by atoms with Gasteiger partial charge < -0.3 is 15.3 Å². The van der Waals surface area contributed by atoms with Gasteiger partial charge in [-0.25, -0.2) is 9.59 Å². The first-order valence-corrected chi connectivity index (χ1v) is 6.77. The molecule has 2 aliphatic rings. The van der Waals surface area contributed by atoms with E-state index in [1.54, 1.807) is 4.90 Å². The number of nitrogens with one attached hydrogen (secondary N) is 1. The van der Waals surface area contributed by atoms with Crippen LogP contribution in [-0.4, -0.2) is 40.6 Å². The molecule has 0 atom stereocenters. The molecule has 102 valence electrons. The number of carbonyl (C=O) groups is 2. The molecule has 1 aliphatic carbocycles. The minimum atomic E-state index is -0.971. The molecule has 0 radical (unpaired) electrons. The third kappa shape index (κ3) is 2.18. The van der Waals surface area contributed by atoms with Crippen molar-refractivity contribution in [1.82, 2.24) is 10.2 Å². The van der Waals surface area contributed by atoms with Crippen molar-refractivity contribution in [2.45, 2.75) is 51.5 Å². The van der Waals surface area contributed by atoms with Crippen molar-refractivity contribution < 1.29 is 14.7 Å². The minimum absolute atomic E-state index is 0.210. The molecular formula is C13H22N2O3. The van der Waals surface area contributed by atoms with E-state index in [9.17, 15) is 9.59 Å². The molecule has 2 N–H and O–H groups in total. The molecule has 2 rings (SSSR count). The summed E-state index contributed by atoms with van der Waals surface area (Å²) in [6.07, 6.45) is 4.26. The summed E-state index contributed by atoms with van der Waals surface area (Å²) in [7, 11) is 0. The third-order valence-corrected chi connectivity index (χ3v) is 4.73. The van der Waals surface area contributed by atoms with Gasteiger partial charge in [-0.3, -0.25) is 0 Å². The number of likely N-dealkylation sites (tertiary alicyclic amines) is 1. The van der Waals surface area contributed by atoms with E-state index < -0.39 is 11.5 Å². The normalized spacial score (nSPS) is 23.8. The maximum atomic E-state index is 12.1. The summed E-state index contributed by atoms with van der Waals surface area (Å²) in [5.41, 5.74) is -0.738. The topological polar surface area (TPSA) is 69.6 Å². The largest absolute Gasteiger partial charge is 0.480 e. The lowest BCUT2D eigenvalue weighted by Gasteiger charge is -2.27. The van der Waals surface area contributed by atoms with E-state index in [1.807, 2.05) is 0 Å². The van der Waals surface area contributed by atoms with Gasteiger partial charge in [0, 0.05) is 13.1 Å². The van der Waals surface area contributed by atoms with Crippen molar-refractivity contribution in [3.8, 4) is 0 Å². The number of carbonyl (C=O) groups excluding carboxylic acids is 1. The van der Waals surface area contributed by atoms with Gasteiger partial charge in [-0.2, -0.15) is 0 Å². The van der Waals surface area contributed by atoms with E-state index in [1.165, 1.54) is 0 Å². The lowest BCUT2D eigenvalue weighted by Crippen LogP contribution is -2.49. The smallest absolute Gasteiger partial charge is 0.329 e. The number of carboxylic acid groups (broad SMARTS) is 1. The number of hydrogen-bond acceptors (Lipinski definition) is 2. The second-order valence-electron chi connectivity index (χ2n) is 5.70. The molecule has 0 bridgehead atoms. The predicted octanol–water partition coefficient (Wildman–Crippen LogP) is 1.83. The number of carboxylic acids is 1. The fraction of sp³-hybridized carbons (Fsp3) is 0.846. The van der Waals surface area contributed by atoms with Crippen LogP contribution in [0.5, 0.6) is 0 Å². The monoisotopic (exact) mass is 254 g/mol. The molecule has 1 heterocycles. The summed E-state index contributed by atoms with van der Waals surface area (Å²) < 4.78 is 0. The Morgan fingerprint density at radius 3 is 2.22 bits per heavy atom. The van der Waals surface area contributed by atoms with Crippen molar-refractivity contribution in [3.63, 3.8) is 0 Å². The van der Waals surface area contributed by atoms with E-state index in [2.05, 4.69) is 19.2 Å². The quantitative estimate of drug-likeness (QED) is 0.804. The highest BCUT2D eigenvalue weighted by atomic mass is 16.4. The highest BCUT2D eigenvalue weighted by Crippen LogP contribution is 2.39. The average Bonchev–Trinajstić information content (AvgIpc) is 3.01. The summed E-state index contributed by atoms with van der Waals surface area (Å²) in [6.45, 7) is 5.81. The maximum absolute atomic E-state index is 12.1. The molecule has 5 heteroatoms. The van der Waals surface area contributed by atoms with Crippen molar-refractivity contribution in [2.75, 3.05) is 13.1 Å². The SMILES string of the molecule is CCC1(CC)CCN(C(=O)NC2(C(=O)O)CC2)C1. The highest BCUT2D eigenvalue weighted by Gasteiger charge is 2.52. The lowest BCUT2D eigenvalue weighted by molar-refractivity contribution is -0.140. The maximum Gasteiger partial charge on any atom is 0.329 e. The van der Waals surface area contributed by atoms with Crippen molar-refractivity contribution in [2.24, 2.45) is 5.41 Å². The van der Waals surface area contributed by atoms with Crippen LogP contribution in [0.4, 0.5) is 4.79 Å². The molecule has 0 unspecified atom stereocenters. The first-order valence-electron chi connectivity index (χ1n) is 6.77. The van der Waals surface area contributed by atoms with E-state index >= 15 is 0 Å². The summed E-state index contributed by atoms with van der Waals surface area (Å²) in [5.74, 6) is -0.910. The molecule has 0 aromatic rings. The number of hydrogen-bond donors (Lipinski definition) is 2. The molecular weight excluding hydrogens is 232 g/mol. The summed E-state index contributed by atoms with van der Waals surface area (Å²) in [5, 5.41) is 11.7. The Morgan fingerprint density at radius 1 is 1.22 bits per heavy atom. The number of aliphatic carboxylic acids is 1. The standard InChI is InChI=1S/C13H22N2O3/c1-3-12(4-2)7-8-15(9-12)11(18)14-13(5-6-13)10(16)17/h3-9H2,1-2H3,(H,14,18)(H,16,17). The Hall–Kier alpha value is -1.26. The molecule has 0 spiro atoms. The predicted molar refractivity (Wildman–Crippen MR) is 67.3 cm³/mol. The van der Waals surface area contributed by atoms with Gasteiger partial charge in [0.15, 0.2) is 0 Å². The average molecular weight is 254 g/mol. The van der Waals surface area contributed by atoms with Crippen LogP contribution < -0.4 is 5.32 Å². The molecule has 1 saturated carbocycles. The van der Waals surface area contributed by atoms with E-state index in [-0.39, 0.29) is 11.4 Å². The van der Waals surface area contributed by atoms with Gasteiger partial charge in [-0.05, 0) is 37.5 Å². The summed E-state index contributed by atoms with van der Waals surface area (Å²) in [6, 6.07) is -0.210. The van der Waals surface area contributed by atoms with Gasteiger partial charge in [-0.1, -0.05) is 13.8 Å². The van der Waals surface area contributed by atoms with Gasteiger partial charge >= 0.3 is 12.0 Å². The van der Waals surface area contributed by atoms with Gasteiger partial charge in [0.25, 0.3) is 0 Å². The van der Waals surface area contributed by atoms with Crippen LogP contribution in [0, 0.1) is 5.41 Å². The van der Waals surface area contributed by atoms with Crippen LogP contribution in [-0.2, 0) is 4.79 Å². The minimum Gasteiger partial charge on any atom is -0.480 e. The molecule has 2 fully saturated rings.